The van der Waals surface area contributed by atoms with Crippen molar-refractivity contribution in [3.05, 3.63) is 24.0 Å². The van der Waals surface area contributed by atoms with Crippen molar-refractivity contribution in [1.29, 1.82) is 0 Å². The molecule has 0 fully saturated rings. The summed E-state index contributed by atoms with van der Waals surface area (Å²) in [5.74, 6) is 0.490. The summed E-state index contributed by atoms with van der Waals surface area (Å²) in [5, 5.41) is 0. The first kappa shape index (κ1) is 13.6. The molecule has 0 aliphatic rings. The lowest BCUT2D eigenvalue weighted by Crippen LogP contribution is -2.15. The van der Waals surface area contributed by atoms with Gasteiger partial charge in [-0.25, -0.2) is 0 Å². The highest BCUT2D eigenvalue weighted by atomic mass is 16.5. The Morgan fingerprint density at radius 2 is 2.24 bits per heavy atom. The van der Waals surface area contributed by atoms with Crippen LogP contribution in [0.25, 0.3) is 0 Å². The molecule has 0 aliphatic carbocycles. The summed E-state index contributed by atoms with van der Waals surface area (Å²) in [5.41, 5.74) is 5.76. The lowest BCUT2D eigenvalue weighted by Gasteiger charge is -2.06. The molecule has 5 nitrogen and oxygen atoms in total. The Morgan fingerprint density at radius 3 is 2.94 bits per heavy atom. The first-order valence-electron chi connectivity index (χ1n) is 5.66. The molecule has 0 saturated heterocycles. The molecule has 2 N–H and O–H groups in total. The van der Waals surface area contributed by atoms with Crippen LogP contribution in [0.3, 0.4) is 0 Å². The monoisotopic (exact) mass is 238 g/mol. The highest BCUT2D eigenvalue weighted by Gasteiger charge is 2.07. The Kier molecular flexibility index (Phi) is 6.21. The fraction of sp³-hybridized carbons (Fsp3) is 0.500. The van der Waals surface area contributed by atoms with Gasteiger partial charge < -0.3 is 15.2 Å². The zero-order valence-corrected chi connectivity index (χ0v) is 10.0. The Bertz CT molecular complexity index is 355. The summed E-state index contributed by atoms with van der Waals surface area (Å²) in [6, 6.07) is 1.68. The molecule has 0 atom stereocenters. The van der Waals surface area contributed by atoms with Crippen LogP contribution in [0.2, 0.25) is 0 Å². The second-order valence-electron chi connectivity index (χ2n) is 3.52. The number of nitrogens with two attached hydrogens (primary N) is 1. The maximum Gasteiger partial charge on any atom is 0.190 e. The fourth-order valence-corrected chi connectivity index (χ4v) is 1.20. The molecule has 0 aromatic carbocycles. The number of hydrogen-bond donors (Lipinski definition) is 1. The van der Waals surface area contributed by atoms with E-state index in [0.29, 0.717) is 31.1 Å². The molecule has 1 heterocycles. The zero-order valence-electron chi connectivity index (χ0n) is 10.0. The zero-order chi connectivity index (χ0) is 12.5. The van der Waals surface area contributed by atoms with Crippen molar-refractivity contribution in [1.82, 2.24) is 4.98 Å². The molecule has 0 aliphatic heterocycles. The lowest BCUT2D eigenvalue weighted by molar-refractivity contribution is 0.0773. The summed E-state index contributed by atoms with van der Waals surface area (Å²) < 4.78 is 10.5. The second kappa shape index (κ2) is 7.76. The van der Waals surface area contributed by atoms with Crippen LogP contribution in [-0.2, 0) is 4.74 Å². The molecule has 17 heavy (non-hydrogen) atoms. The highest BCUT2D eigenvalue weighted by Crippen LogP contribution is 2.12. The van der Waals surface area contributed by atoms with Crippen molar-refractivity contribution in [2.75, 3.05) is 26.4 Å². The summed E-state index contributed by atoms with van der Waals surface area (Å²) in [4.78, 5) is 15.6. The third-order valence-electron chi connectivity index (χ3n) is 2.00. The van der Waals surface area contributed by atoms with Crippen LogP contribution in [0.1, 0.15) is 23.7 Å². The van der Waals surface area contributed by atoms with Crippen molar-refractivity contribution < 1.29 is 14.3 Å². The van der Waals surface area contributed by atoms with Crippen LogP contribution in [0.4, 0.5) is 0 Å². The van der Waals surface area contributed by atoms with E-state index in [1.54, 1.807) is 12.3 Å². The molecule has 0 radical (unpaired) electrons. The van der Waals surface area contributed by atoms with Crippen LogP contribution < -0.4 is 10.5 Å². The number of carbonyl (C=O) groups is 1. The van der Waals surface area contributed by atoms with Crippen LogP contribution >= 0.6 is 0 Å². The van der Waals surface area contributed by atoms with E-state index >= 15 is 0 Å². The van der Waals surface area contributed by atoms with Crippen molar-refractivity contribution in [3.8, 4) is 5.75 Å². The standard InChI is InChI=1S/C12H18N2O3/c1-2-4-17-11-6-10(7-14-8-11)12(15)9-16-5-3-13/h6-8H,2-5,9,13H2,1H3. The van der Waals surface area contributed by atoms with Gasteiger partial charge in [0, 0.05) is 18.3 Å². The Balaban J connectivity index is 2.54. The van der Waals surface area contributed by atoms with Gasteiger partial charge in [-0.05, 0) is 12.5 Å². The number of Topliss-reactive ketones (excluding diaryl/α,β-unsaturated/α-hetero) is 1. The SMILES string of the molecule is CCCOc1cncc(C(=O)COCCN)c1. The number of aromatic nitrogens is 1. The van der Waals surface area contributed by atoms with Crippen LogP contribution in [0.5, 0.6) is 5.75 Å². The van der Waals surface area contributed by atoms with E-state index in [1.165, 1.54) is 6.20 Å². The minimum absolute atomic E-state index is 0.0239. The first-order valence-corrected chi connectivity index (χ1v) is 5.66. The third-order valence-corrected chi connectivity index (χ3v) is 2.00. The van der Waals surface area contributed by atoms with E-state index in [1.807, 2.05) is 6.92 Å². The van der Waals surface area contributed by atoms with E-state index in [0.717, 1.165) is 6.42 Å². The molecular weight excluding hydrogens is 220 g/mol. The van der Waals surface area contributed by atoms with Crippen molar-refractivity contribution in [3.63, 3.8) is 0 Å². The van der Waals surface area contributed by atoms with Gasteiger partial charge >= 0.3 is 0 Å². The lowest BCUT2D eigenvalue weighted by atomic mass is 10.2. The Morgan fingerprint density at radius 1 is 1.41 bits per heavy atom. The third kappa shape index (κ3) is 4.93. The molecule has 0 spiro atoms. The van der Waals surface area contributed by atoms with Gasteiger partial charge in [0.25, 0.3) is 0 Å². The number of pyridine rings is 1. The van der Waals surface area contributed by atoms with E-state index in [2.05, 4.69) is 4.98 Å². The molecule has 1 aromatic rings. The van der Waals surface area contributed by atoms with Gasteiger partial charge in [0.05, 0.1) is 19.4 Å². The Labute approximate surface area is 101 Å². The second-order valence-corrected chi connectivity index (χ2v) is 3.52. The van der Waals surface area contributed by atoms with Gasteiger partial charge in [0.15, 0.2) is 5.78 Å². The first-order chi connectivity index (χ1) is 8.27. The maximum absolute atomic E-state index is 11.7. The molecule has 5 heteroatoms. The predicted octanol–water partition coefficient (Wildman–Crippen LogP) is 1.03. The predicted molar refractivity (Wildman–Crippen MR) is 64.2 cm³/mol. The normalized spacial score (nSPS) is 10.2. The van der Waals surface area contributed by atoms with E-state index in [4.69, 9.17) is 15.2 Å². The molecule has 94 valence electrons. The molecule has 0 unspecified atom stereocenters. The summed E-state index contributed by atoms with van der Waals surface area (Å²) in [6.45, 7) is 3.44. The van der Waals surface area contributed by atoms with Crippen molar-refractivity contribution in [2.45, 2.75) is 13.3 Å². The van der Waals surface area contributed by atoms with Crippen LogP contribution in [0.15, 0.2) is 18.5 Å². The number of carbonyl (C=O) groups excluding carboxylic acids is 1. The number of nitrogens with zero attached hydrogens (tertiary/aromatic N) is 1. The van der Waals surface area contributed by atoms with E-state index < -0.39 is 0 Å². The maximum atomic E-state index is 11.7. The quantitative estimate of drug-likeness (QED) is 0.541. The number of hydrogen-bond acceptors (Lipinski definition) is 5. The number of ketones is 1. The summed E-state index contributed by atoms with van der Waals surface area (Å²) >= 11 is 0. The summed E-state index contributed by atoms with van der Waals surface area (Å²) in [6.07, 6.45) is 4.01. The van der Waals surface area contributed by atoms with Crippen molar-refractivity contribution in [2.24, 2.45) is 5.73 Å². The molecule has 1 rings (SSSR count). The number of ether oxygens (including phenoxy) is 2. The van der Waals surface area contributed by atoms with Crippen molar-refractivity contribution >= 4 is 5.78 Å². The van der Waals surface area contributed by atoms with Gasteiger partial charge in [0.2, 0.25) is 0 Å². The minimum atomic E-state index is -0.118. The minimum Gasteiger partial charge on any atom is -0.492 e. The van der Waals surface area contributed by atoms with Gasteiger partial charge in [0.1, 0.15) is 12.4 Å². The van der Waals surface area contributed by atoms with Gasteiger partial charge in [-0.3, -0.25) is 9.78 Å². The van der Waals surface area contributed by atoms with Crippen LogP contribution in [-0.4, -0.2) is 37.1 Å². The highest BCUT2D eigenvalue weighted by molar-refractivity contribution is 5.97. The average Bonchev–Trinajstić information content (AvgIpc) is 2.37. The van der Waals surface area contributed by atoms with Crippen LogP contribution in [0, 0.1) is 0 Å². The molecule has 0 bridgehead atoms. The van der Waals surface area contributed by atoms with E-state index in [9.17, 15) is 4.79 Å². The Hall–Kier alpha value is -1.46. The van der Waals surface area contributed by atoms with Gasteiger partial charge in [-0.2, -0.15) is 0 Å². The largest absolute Gasteiger partial charge is 0.492 e. The summed E-state index contributed by atoms with van der Waals surface area (Å²) in [7, 11) is 0. The van der Waals surface area contributed by atoms with E-state index in [-0.39, 0.29) is 12.4 Å². The number of rotatable bonds is 8. The molecule has 1 aromatic heterocycles. The van der Waals surface area contributed by atoms with Gasteiger partial charge in [-0.15, -0.1) is 0 Å². The average molecular weight is 238 g/mol. The molecule has 0 saturated carbocycles. The van der Waals surface area contributed by atoms with Gasteiger partial charge in [-0.1, -0.05) is 6.92 Å². The molecule has 0 amide bonds. The fourth-order valence-electron chi connectivity index (χ4n) is 1.20. The molecular formula is C12H18N2O3. The smallest absolute Gasteiger partial charge is 0.190 e. The topological polar surface area (TPSA) is 74.4 Å².